The molecule has 0 saturated carbocycles. The number of aromatic nitrogens is 1. The Hall–Kier alpha value is -3.28. The minimum absolute atomic E-state index is 0.00278. The maximum Gasteiger partial charge on any atom is 0.226 e. The van der Waals surface area contributed by atoms with Gasteiger partial charge in [-0.2, -0.15) is 0 Å². The molecular formula is C20H19NO5. The maximum atomic E-state index is 12.3. The molecule has 6 nitrogen and oxygen atoms in total. The number of para-hydroxylation sites is 1. The molecule has 2 aromatic carbocycles. The lowest BCUT2D eigenvalue weighted by atomic mass is 10.1. The van der Waals surface area contributed by atoms with Crippen LogP contribution in [0.15, 0.2) is 53.1 Å². The van der Waals surface area contributed by atoms with E-state index in [0.717, 1.165) is 5.56 Å². The Morgan fingerprint density at radius 1 is 1.08 bits per heavy atom. The van der Waals surface area contributed by atoms with Crippen LogP contribution in [0.3, 0.4) is 0 Å². The van der Waals surface area contributed by atoms with Gasteiger partial charge in [-0.15, -0.1) is 0 Å². The van der Waals surface area contributed by atoms with Gasteiger partial charge >= 0.3 is 0 Å². The largest absolute Gasteiger partial charge is 0.504 e. The van der Waals surface area contributed by atoms with Gasteiger partial charge in [-0.25, -0.2) is 4.98 Å². The SMILES string of the molecule is COc1ccc(-c2nc(CC(=O)Cc3ccccc3OC)co2)cc1O. The number of ketones is 1. The van der Waals surface area contributed by atoms with E-state index in [1.807, 2.05) is 24.3 Å². The smallest absolute Gasteiger partial charge is 0.226 e. The van der Waals surface area contributed by atoms with E-state index in [0.29, 0.717) is 28.6 Å². The summed E-state index contributed by atoms with van der Waals surface area (Å²) < 4.78 is 15.7. The van der Waals surface area contributed by atoms with Gasteiger partial charge in [0, 0.05) is 17.5 Å². The summed E-state index contributed by atoms with van der Waals surface area (Å²) in [6.45, 7) is 0. The van der Waals surface area contributed by atoms with Gasteiger partial charge in [0.05, 0.1) is 26.3 Å². The van der Waals surface area contributed by atoms with Crippen molar-refractivity contribution in [3.63, 3.8) is 0 Å². The van der Waals surface area contributed by atoms with Crippen LogP contribution in [0, 0.1) is 0 Å². The third-order valence-corrected chi connectivity index (χ3v) is 3.94. The summed E-state index contributed by atoms with van der Waals surface area (Å²) in [5, 5.41) is 9.86. The van der Waals surface area contributed by atoms with Crippen LogP contribution >= 0.6 is 0 Å². The van der Waals surface area contributed by atoms with Gasteiger partial charge in [0.1, 0.15) is 17.8 Å². The van der Waals surface area contributed by atoms with Crippen molar-refractivity contribution in [3.05, 3.63) is 60.0 Å². The first-order valence-corrected chi connectivity index (χ1v) is 8.06. The van der Waals surface area contributed by atoms with Gasteiger partial charge in [0.2, 0.25) is 5.89 Å². The van der Waals surface area contributed by atoms with E-state index in [1.54, 1.807) is 19.2 Å². The van der Waals surface area contributed by atoms with Crippen molar-refractivity contribution in [2.75, 3.05) is 14.2 Å². The van der Waals surface area contributed by atoms with E-state index in [1.165, 1.54) is 19.4 Å². The van der Waals surface area contributed by atoms with E-state index in [2.05, 4.69) is 4.98 Å². The quantitative estimate of drug-likeness (QED) is 0.701. The number of rotatable bonds is 7. The summed E-state index contributed by atoms with van der Waals surface area (Å²) in [5.74, 6) is 1.40. The molecule has 0 fully saturated rings. The molecule has 1 aromatic heterocycles. The molecule has 0 atom stereocenters. The molecule has 0 spiro atoms. The first-order valence-electron chi connectivity index (χ1n) is 8.06. The Balaban J connectivity index is 1.70. The number of carbonyl (C=O) groups is 1. The third-order valence-electron chi connectivity index (χ3n) is 3.94. The molecule has 26 heavy (non-hydrogen) atoms. The molecule has 0 unspecified atom stereocenters. The molecule has 0 aliphatic heterocycles. The van der Waals surface area contributed by atoms with Crippen LogP contribution in [-0.2, 0) is 17.6 Å². The van der Waals surface area contributed by atoms with Crippen LogP contribution in [0.5, 0.6) is 17.2 Å². The predicted octanol–water partition coefficient (Wildman–Crippen LogP) is 3.42. The van der Waals surface area contributed by atoms with Crippen molar-refractivity contribution in [3.8, 4) is 28.7 Å². The van der Waals surface area contributed by atoms with Crippen LogP contribution in [0.25, 0.3) is 11.5 Å². The molecule has 0 bridgehead atoms. The standard InChI is InChI=1S/C20H19NO5/c1-24-18-6-4-3-5-13(18)9-16(22)11-15-12-26-20(21-15)14-7-8-19(25-2)17(23)10-14/h3-8,10,12,23H,9,11H2,1-2H3. The second kappa shape index (κ2) is 7.74. The molecule has 1 heterocycles. The zero-order chi connectivity index (χ0) is 18.5. The Morgan fingerprint density at radius 3 is 2.58 bits per heavy atom. The second-order valence-electron chi connectivity index (χ2n) is 5.73. The third kappa shape index (κ3) is 3.85. The molecule has 0 amide bonds. The summed E-state index contributed by atoms with van der Waals surface area (Å²) in [5.41, 5.74) is 1.98. The number of phenolic OH excluding ortho intramolecular Hbond substituents is 1. The minimum atomic E-state index is -0.00278. The number of carbonyl (C=O) groups excluding carboxylic acids is 1. The number of hydrogen-bond donors (Lipinski definition) is 1. The van der Waals surface area contributed by atoms with Crippen molar-refractivity contribution < 1.29 is 23.8 Å². The van der Waals surface area contributed by atoms with Gasteiger partial charge in [-0.3, -0.25) is 4.79 Å². The molecule has 0 radical (unpaired) electrons. The zero-order valence-electron chi connectivity index (χ0n) is 14.6. The number of aromatic hydroxyl groups is 1. The van der Waals surface area contributed by atoms with Gasteiger partial charge in [-0.1, -0.05) is 18.2 Å². The van der Waals surface area contributed by atoms with Crippen molar-refractivity contribution in [2.24, 2.45) is 0 Å². The highest BCUT2D eigenvalue weighted by Gasteiger charge is 2.14. The average molecular weight is 353 g/mol. The van der Waals surface area contributed by atoms with E-state index < -0.39 is 0 Å². The van der Waals surface area contributed by atoms with Crippen molar-refractivity contribution in [1.82, 2.24) is 4.98 Å². The van der Waals surface area contributed by atoms with Gasteiger partial charge in [0.15, 0.2) is 11.5 Å². The lowest BCUT2D eigenvalue weighted by molar-refractivity contribution is -0.117. The molecule has 3 aromatic rings. The zero-order valence-corrected chi connectivity index (χ0v) is 14.6. The maximum absolute atomic E-state index is 12.3. The summed E-state index contributed by atoms with van der Waals surface area (Å²) in [7, 11) is 3.06. The number of nitrogens with zero attached hydrogens (tertiary/aromatic N) is 1. The molecule has 0 aliphatic carbocycles. The van der Waals surface area contributed by atoms with Gasteiger partial charge in [-0.05, 0) is 24.3 Å². The molecule has 0 aliphatic rings. The Bertz CT molecular complexity index is 916. The predicted molar refractivity (Wildman–Crippen MR) is 95.6 cm³/mol. The van der Waals surface area contributed by atoms with Crippen molar-refractivity contribution in [2.45, 2.75) is 12.8 Å². The fourth-order valence-electron chi connectivity index (χ4n) is 2.67. The number of oxazole rings is 1. The van der Waals surface area contributed by atoms with Crippen molar-refractivity contribution >= 4 is 5.78 Å². The fraction of sp³-hybridized carbons (Fsp3) is 0.200. The van der Waals surface area contributed by atoms with E-state index in [-0.39, 0.29) is 24.4 Å². The van der Waals surface area contributed by atoms with Crippen LogP contribution in [0.4, 0.5) is 0 Å². The first kappa shape index (κ1) is 17.5. The average Bonchev–Trinajstić information content (AvgIpc) is 3.10. The van der Waals surface area contributed by atoms with Crippen LogP contribution in [0.2, 0.25) is 0 Å². The minimum Gasteiger partial charge on any atom is -0.504 e. The normalized spacial score (nSPS) is 10.5. The Morgan fingerprint density at radius 2 is 1.85 bits per heavy atom. The van der Waals surface area contributed by atoms with Crippen LogP contribution in [0.1, 0.15) is 11.3 Å². The monoisotopic (exact) mass is 353 g/mol. The Kier molecular flexibility index (Phi) is 5.22. The lowest BCUT2D eigenvalue weighted by Crippen LogP contribution is -2.07. The van der Waals surface area contributed by atoms with Crippen LogP contribution < -0.4 is 9.47 Å². The lowest BCUT2D eigenvalue weighted by Gasteiger charge is -2.06. The molecule has 134 valence electrons. The topological polar surface area (TPSA) is 81.8 Å². The van der Waals surface area contributed by atoms with Gasteiger partial charge in [0.25, 0.3) is 0 Å². The highest BCUT2D eigenvalue weighted by Crippen LogP contribution is 2.31. The first-order chi connectivity index (χ1) is 12.6. The molecule has 1 N–H and O–H groups in total. The number of phenols is 1. The summed E-state index contributed by atoms with van der Waals surface area (Å²) in [4.78, 5) is 16.7. The van der Waals surface area contributed by atoms with E-state index in [4.69, 9.17) is 13.9 Å². The number of methoxy groups -OCH3 is 2. The van der Waals surface area contributed by atoms with Gasteiger partial charge < -0.3 is 19.0 Å². The summed E-state index contributed by atoms with van der Waals surface area (Å²) in [6, 6.07) is 12.3. The molecule has 6 heteroatoms. The Labute approximate surface area is 151 Å². The van der Waals surface area contributed by atoms with E-state index in [9.17, 15) is 9.90 Å². The number of ether oxygens (including phenoxy) is 2. The molecular weight excluding hydrogens is 334 g/mol. The highest BCUT2D eigenvalue weighted by atomic mass is 16.5. The molecule has 3 rings (SSSR count). The number of hydrogen-bond acceptors (Lipinski definition) is 6. The van der Waals surface area contributed by atoms with Crippen LogP contribution in [-0.4, -0.2) is 30.1 Å². The van der Waals surface area contributed by atoms with E-state index >= 15 is 0 Å². The second-order valence-corrected chi connectivity index (χ2v) is 5.73. The summed E-state index contributed by atoms with van der Waals surface area (Å²) >= 11 is 0. The highest BCUT2D eigenvalue weighted by molar-refractivity contribution is 5.83. The molecule has 0 saturated heterocycles. The fourth-order valence-corrected chi connectivity index (χ4v) is 2.67. The number of benzene rings is 2. The van der Waals surface area contributed by atoms with Crippen molar-refractivity contribution in [1.29, 1.82) is 0 Å². The summed E-state index contributed by atoms with van der Waals surface area (Å²) in [6.07, 6.45) is 1.87. The number of Topliss-reactive ketones (excluding diaryl/α,β-unsaturated/α-hetero) is 1.